The molecule has 9 heteroatoms. The van der Waals surface area contributed by atoms with Crippen LogP contribution in [0.2, 0.25) is 0 Å². The van der Waals surface area contributed by atoms with Crippen LogP contribution in [0.1, 0.15) is 19.8 Å². The van der Waals surface area contributed by atoms with Gasteiger partial charge in [-0.15, -0.1) is 28.1 Å². The number of hydrogen-bond acceptors (Lipinski definition) is 7. The Labute approximate surface area is 213 Å². The first-order chi connectivity index (χ1) is 17.2. The summed E-state index contributed by atoms with van der Waals surface area (Å²) in [6, 6.07) is 17.7. The van der Waals surface area contributed by atoms with Crippen LogP contribution in [-0.2, 0) is 11.3 Å². The standard InChI is InChI=1S/C26H27N5O2S2/c1-3-5-16-33-21-13-11-20(12-14-21)24-29-30-26(31(24)15-4-2)35-18-23(32)28-25-27-22(17-34-25)19-9-7-6-8-10-19/h4,6-14,17H,2-3,5,15-16,18H2,1H3,(H,27,28,32). The number of unbranched alkanes of at least 4 members (excludes halogenated alkanes) is 1. The molecular weight excluding hydrogens is 478 g/mol. The van der Waals surface area contributed by atoms with Gasteiger partial charge in [0.15, 0.2) is 16.1 Å². The quantitative estimate of drug-likeness (QED) is 0.141. The van der Waals surface area contributed by atoms with Crippen molar-refractivity contribution in [2.75, 3.05) is 17.7 Å². The first-order valence-corrected chi connectivity index (χ1v) is 13.3. The number of carbonyl (C=O) groups is 1. The van der Waals surface area contributed by atoms with E-state index in [0.29, 0.717) is 23.4 Å². The van der Waals surface area contributed by atoms with Gasteiger partial charge < -0.3 is 10.1 Å². The number of rotatable bonds is 12. The van der Waals surface area contributed by atoms with E-state index in [1.54, 1.807) is 6.08 Å². The van der Waals surface area contributed by atoms with E-state index in [0.717, 1.165) is 41.2 Å². The predicted octanol–water partition coefficient (Wildman–Crippen LogP) is 6.16. The number of thiazole rings is 1. The van der Waals surface area contributed by atoms with Crippen molar-refractivity contribution < 1.29 is 9.53 Å². The number of nitrogens with one attached hydrogen (secondary N) is 1. The number of thioether (sulfide) groups is 1. The van der Waals surface area contributed by atoms with Crippen LogP contribution >= 0.6 is 23.1 Å². The van der Waals surface area contributed by atoms with Crippen molar-refractivity contribution >= 4 is 34.1 Å². The van der Waals surface area contributed by atoms with Crippen LogP contribution in [0.5, 0.6) is 5.75 Å². The summed E-state index contributed by atoms with van der Waals surface area (Å²) in [5, 5.41) is 14.7. The number of benzene rings is 2. The van der Waals surface area contributed by atoms with Gasteiger partial charge in [0, 0.05) is 23.1 Å². The van der Waals surface area contributed by atoms with Crippen LogP contribution in [0.4, 0.5) is 5.13 Å². The summed E-state index contributed by atoms with van der Waals surface area (Å²) < 4.78 is 7.70. The fraction of sp³-hybridized carbons (Fsp3) is 0.231. The van der Waals surface area contributed by atoms with Crippen LogP contribution in [-0.4, -0.2) is 38.0 Å². The zero-order valence-electron chi connectivity index (χ0n) is 19.5. The first kappa shape index (κ1) is 24.7. The molecule has 4 aromatic rings. The molecule has 35 heavy (non-hydrogen) atoms. The van der Waals surface area contributed by atoms with Gasteiger partial charge >= 0.3 is 0 Å². The maximum absolute atomic E-state index is 12.6. The lowest BCUT2D eigenvalue weighted by atomic mass is 10.2. The third-order valence-electron chi connectivity index (χ3n) is 5.06. The summed E-state index contributed by atoms with van der Waals surface area (Å²) >= 11 is 2.74. The van der Waals surface area contributed by atoms with Gasteiger partial charge in [0.05, 0.1) is 18.1 Å². The minimum absolute atomic E-state index is 0.146. The van der Waals surface area contributed by atoms with Crippen molar-refractivity contribution in [3.05, 3.63) is 72.6 Å². The molecule has 2 aromatic carbocycles. The highest BCUT2D eigenvalue weighted by molar-refractivity contribution is 7.99. The smallest absolute Gasteiger partial charge is 0.236 e. The number of amides is 1. The minimum atomic E-state index is -0.146. The zero-order chi connectivity index (χ0) is 24.5. The molecule has 0 saturated heterocycles. The summed E-state index contributed by atoms with van der Waals surface area (Å²) in [7, 11) is 0. The van der Waals surface area contributed by atoms with E-state index in [4.69, 9.17) is 4.74 Å². The van der Waals surface area contributed by atoms with Gasteiger partial charge in [-0.1, -0.05) is 61.5 Å². The van der Waals surface area contributed by atoms with E-state index in [1.165, 1.54) is 23.1 Å². The van der Waals surface area contributed by atoms with E-state index in [9.17, 15) is 4.79 Å². The SMILES string of the molecule is C=CCn1c(SCC(=O)Nc2nc(-c3ccccc3)cs2)nnc1-c1ccc(OCCCC)cc1. The van der Waals surface area contributed by atoms with E-state index in [-0.39, 0.29) is 11.7 Å². The molecule has 7 nitrogen and oxygen atoms in total. The van der Waals surface area contributed by atoms with Crippen LogP contribution in [0.25, 0.3) is 22.6 Å². The van der Waals surface area contributed by atoms with E-state index in [2.05, 4.69) is 34.0 Å². The number of carbonyl (C=O) groups excluding carboxylic acids is 1. The van der Waals surface area contributed by atoms with E-state index >= 15 is 0 Å². The maximum Gasteiger partial charge on any atom is 0.236 e. The molecule has 0 fully saturated rings. The molecule has 4 rings (SSSR count). The van der Waals surface area contributed by atoms with Gasteiger partial charge in [-0.25, -0.2) is 4.98 Å². The molecule has 0 bridgehead atoms. The summed E-state index contributed by atoms with van der Waals surface area (Å²) in [6.45, 7) is 7.24. The third kappa shape index (κ3) is 6.58. The van der Waals surface area contributed by atoms with Gasteiger partial charge in [-0.2, -0.15) is 0 Å². The number of allylic oxidation sites excluding steroid dienone is 1. The summed E-state index contributed by atoms with van der Waals surface area (Å²) in [5.41, 5.74) is 2.79. The number of anilines is 1. The fourth-order valence-corrected chi connectivity index (χ4v) is 4.78. The molecule has 2 aromatic heterocycles. The number of nitrogens with zero attached hydrogens (tertiary/aromatic N) is 4. The average Bonchev–Trinajstić information content (AvgIpc) is 3.51. The average molecular weight is 506 g/mol. The maximum atomic E-state index is 12.6. The molecule has 0 spiro atoms. The van der Waals surface area contributed by atoms with Crippen LogP contribution in [0.15, 0.2) is 77.8 Å². The molecule has 0 aliphatic rings. The van der Waals surface area contributed by atoms with Crippen molar-refractivity contribution in [2.24, 2.45) is 0 Å². The zero-order valence-corrected chi connectivity index (χ0v) is 21.1. The van der Waals surface area contributed by atoms with Gasteiger partial charge in [0.25, 0.3) is 0 Å². The molecule has 0 atom stereocenters. The minimum Gasteiger partial charge on any atom is -0.494 e. The molecule has 0 aliphatic heterocycles. The molecule has 1 N–H and O–H groups in total. The lowest BCUT2D eigenvalue weighted by Gasteiger charge is -2.09. The van der Waals surface area contributed by atoms with Crippen molar-refractivity contribution in [2.45, 2.75) is 31.5 Å². The van der Waals surface area contributed by atoms with E-state index in [1.807, 2.05) is 64.5 Å². The second kappa shape index (κ2) is 12.3. The van der Waals surface area contributed by atoms with E-state index < -0.39 is 0 Å². The summed E-state index contributed by atoms with van der Waals surface area (Å²) in [4.78, 5) is 17.1. The predicted molar refractivity (Wildman–Crippen MR) is 143 cm³/mol. The number of ether oxygens (including phenoxy) is 1. The normalized spacial score (nSPS) is 10.8. The monoisotopic (exact) mass is 505 g/mol. The van der Waals surface area contributed by atoms with Crippen LogP contribution in [0.3, 0.4) is 0 Å². The fourth-order valence-electron chi connectivity index (χ4n) is 3.30. The largest absolute Gasteiger partial charge is 0.494 e. The Balaban J connectivity index is 1.38. The lowest BCUT2D eigenvalue weighted by molar-refractivity contribution is -0.113. The molecule has 180 valence electrons. The first-order valence-electron chi connectivity index (χ1n) is 11.4. The van der Waals surface area contributed by atoms with Gasteiger partial charge in [0.2, 0.25) is 5.91 Å². The third-order valence-corrected chi connectivity index (χ3v) is 6.78. The van der Waals surface area contributed by atoms with Gasteiger partial charge in [-0.05, 0) is 30.7 Å². The molecule has 2 heterocycles. The summed E-state index contributed by atoms with van der Waals surface area (Å²) in [5.74, 6) is 1.60. The molecule has 0 unspecified atom stereocenters. The van der Waals surface area contributed by atoms with Gasteiger partial charge in [0.1, 0.15) is 5.75 Å². The van der Waals surface area contributed by atoms with Crippen LogP contribution < -0.4 is 10.1 Å². The van der Waals surface area contributed by atoms with Crippen molar-refractivity contribution in [3.63, 3.8) is 0 Å². The lowest BCUT2D eigenvalue weighted by Crippen LogP contribution is -2.14. The second-order valence-corrected chi connectivity index (χ2v) is 9.47. The van der Waals surface area contributed by atoms with Crippen molar-refractivity contribution in [3.8, 4) is 28.4 Å². The molecule has 0 radical (unpaired) electrons. The Morgan fingerprint density at radius 3 is 2.69 bits per heavy atom. The molecule has 0 aliphatic carbocycles. The Hall–Kier alpha value is -3.43. The van der Waals surface area contributed by atoms with Crippen molar-refractivity contribution in [1.29, 1.82) is 0 Å². The Morgan fingerprint density at radius 1 is 1.14 bits per heavy atom. The number of hydrogen-bond donors (Lipinski definition) is 1. The Morgan fingerprint density at radius 2 is 1.94 bits per heavy atom. The highest BCUT2D eigenvalue weighted by atomic mass is 32.2. The highest BCUT2D eigenvalue weighted by Crippen LogP contribution is 2.27. The topological polar surface area (TPSA) is 81.9 Å². The van der Waals surface area contributed by atoms with Gasteiger partial charge in [-0.3, -0.25) is 9.36 Å². The highest BCUT2D eigenvalue weighted by Gasteiger charge is 2.16. The number of aromatic nitrogens is 4. The Bertz CT molecular complexity index is 1250. The summed E-state index contributed by atoms with van der Waals surface area (Å²) in [6.07, 6.45) is 3.92. The molecule has 1 amide bonds. The molecule has 0 saturated carbocycles. The van der Waals surface area contributed by atoms with Crippen molar-refractivity contribution in [1.82, 2.24) is 19.7 Å². The van der Waals surface area contributed by atoms with Crippen LogP contribution in [0, 0.1) is 0 Å². The molecular formula is C26H27N5O2S2. The Kier molecular flexibility index (Phi) is 8.69. The second-order valence-electron chi connectivity index (χ2n) is 7.67.